The van der Waals surface area contributed by atoms with E-state index in [0.29, 0.717) is 17.6 Å². The quantitative estimate of drug-likeness (QED) is 0.480. The van der Waals surface area contributed by atoms with E-state index in [2.05, 4.69) is 30.6 Å². The Morgan fingerprint density at radius 1 is 1.28 bits per heavy atom. The summed E-state index contributed by atoms with van der Waals surface area (Å²) in [5.74, 6) is 0.975. The predicted molar refractivity (Wildman–Crippen MR) is 122 cm³/mol. The molecule has 1 fully saturated rings. The first-order valence-electron chi connectivity index (χ1n) is 10.3. The lowest BCUT2D eigenvalue weighted by atomic mass is 9.78. The van der Waals surface area contributed by atoms with Crippen molar-refractivity contribution >= 4 is 28.3 Å². The van der Waals surface area contributed by atoms with Crippen molar-refractivity contribution in [1.29, 1.82) is 0 Å². The van der Waals surface area contributed by atoms with Crippen molar-refractivity contribution in [1.82, 2.24) is 29.9 Å². The number of nitrogens with zero attached hydrogens (tertiary/aromatic N) is 6. The smallest absolute Gasteiger partial charge is 0.249 e. The molecule has 9 heteroatoms. The number of pyridine rings is 3. The average molecular weight is 426 g/mol. The number of fused-ring (bicyclic) bond motifs is 1. The Bertz CT molecular complexity index is 1370. The summed E-state index contributed by atoms with van der Waals surface area (Å²) in [7, 11) is 1.85. The summed E-state index contributed by atoms with van der Waals surface area (Å²) in [5, 5.41) is 12.5. The number of nitrogens with two attached hydrogens (primary N) is 1. The van der Waals surface area contributed by atoms with Crippen LogP contribution in [0.2, 0.25) is 0 Å². The van der Waals surface area contributed by atoms with E-state index < -0.39 is 0 Å². The summed E-state index contributed by atoms with van der Waals surface area (Å²) in [5.41, 5.74) is 10.9. The first-order valence-corrected chi connectivity index (χ1v) is 10.3. The van der Waals surface area contributed by atoms with Crippen molar-refractivity contribution in [2.45, 2.75) is 25.7 Å². The largest absolute Gasteiger partial charge is 0.383 e. The molecule has 1 amide bonds. The van der Waals surface area contributed by atoms with Crippen LogP contribution < -0.4 is 11.1 Å². The minimum atomic E-state index is -0.199. The monoisotopic (exact) mass is 426 g/mol. The van der Waals surface area contributed by atoms with E-state index in [0.717, 1.165) is 51.7 Å². The Hall–Kier alpha value is -4.14. The Kier molecular flexibility index (Phi) is 4.85. The van der Waals surface area contributed by atoms with Gasteiger partial charge in [-0.1, -0.05) is 10.8 Å². The second-order valence-electron chi connectivity index (χ2n) is 8.09. The third-order valence-corrected chi connectivity index (χ3v) is 5.70. The molecule has 1 saturated carbocycles. The molecule has 1 aliphatic rings. The van der Waals surface area contributed by atoms with E-state index in [4.69, 9.17) is 5.73 Å². The van der Waals surface area contributed by atoms with Crippen molar-refractivity contribution in [3.63, 3.8) is 0 Å². The fourth-order valence-corrected chi connectivity index (χ4v) is 3.91. The van der Waals surface area contributed by atoms with Crippen LogP contribution in [-0.4, -0.2) is 35.9 Å². The molecular weight excluding hydrogens is 404 g/mol. The third-order valence-electron chi connectivity index (χ3n) is 5.70. The lowest BCUT2D eigenvalue weighted by Gasteiger charge is -2.27. The number of rotatable bonds is 4. The molecule has 0 aliphatic heterocycles. The molecular formula is C23H22N8O. The van der Waals surface area contributed by atoms with E-state index in [1.807, 2.05) is 38.4 Å². The van der Waals surface area contributed by atoms with E-state index in [1.54, 1.807) is 29.3 Å². The number of nitrogen functional groups attached to an aromatic ring is 1. The molecule has 0 unspecified atom stereocenters. The van der Waals surface area contributed by atoms with Crippen LogP contribution in [0.15, 0.2) is 54.6 Å². The Morgan fingerprint density at radius 3 is 2.88 bits per heavy atom. The summed E-state index contributed by atoms with van der Waals surface area (Å²) < 4.78 is 1.69. The standard InChI is InChI=1S/C23H22N8O/c1-13-3-4-25-10-17(13)19-8-15-9-21(26-11-18(15)23(24)27-19)28-22(32)7-14-5-16(6-14)20-12-31(2)30-29-20/h3-4,7-12,16H,5-6H2,1-2H3,(H2,24,27)(H,26,28,32). The van der Waals surface area contributed by atoms with Crippen LogP contribution in [0.3, 0.4) is 0 Å². The SMILES string of the molecule is Cc1ccncc1-c1cc2cc(NC(=O)C=C3CC(c4cn(C)nn4)C3)ncc2c(N)n1. The molecule has 4 aromatic heterocycles. The molecule has 4 heterocycles. The number of carbonyl (C=O) groups is 1. The maximum Gasteiger partial charge on any atom is 0.249 e. The van der Waals surface area contributed by atoms with Crippen LogP contribution >= 0.6 is 0 Å². The zero-order valence-electron chi connectivity index (χ0n) is 17.8. The number of nitrogens with one attached hydrogen (secondary N) is 1. The molecule has 0 aromatic carbocycles. The van der Waals surface area contributed by atoms with Crippen LogP contribution in [0.25, 0.3) is 22.0 Å². The van der Waals surface area contributed by atoms with Gasteiger partial charge in [-0.15, -0.1) is 5.10 Å². The topological polar surface area (TPSA) is 124 Å². The highest BCUT2D eigenvalue weighted by Crippen LogP contribution is 2.40. The predicted octanol–water partition coefficient (Wildman–Crippen LogP) is 3.15. The van der Waals surface area contributed by atoms with Crippen molar-refractivity contribution in [3.8, 4) is 11.3 Å². The highest BCUT2D eigenvalue weighted by Gasteiger charge is 2.27. The molecule has 1 aliphatic carbocycles. The van der Waals surface area contributed by atoms with Gasteiger partial charge in [-0.2, -0.15) is 0 Å². The first-order chi connectivity index (χ1) is 15.5. The molecule has 32 heavy (non-hydrogen) atoms. The lowest BCUT2D eigenvalue weighted by molar-refractivity contribution is -0.112. The maximum absolute atomic E-state index is 12.5. The molecule has 0 bridgehead atoms. The van der Waals surface area contributed by atoms with Gasteiger partial charge >= 0.3 is 0 Å². The van der Waals surface area contributed by atoms with Gasteiger partial charge in [0.2, 0.25) is 5.91 Å². The number of aryl methyl sites for hydroxylation is 2. The molecule has 0 radical (unpaired) electrons. The Morgan fingerprint density at radius 2 is 2.12 bits per heavy atom. The summed E-state index contributed by atoms with van der Waals surface area (Å²) >= 11 is 0. The zero-order valence-corrected chi connectivity index (χ0v) is 17.8. The van der Waals surface area contributed by atoms with Gasteiger partial charge < -0.3 is 11.1 Å². The fraction of sp³-hybridized carbons (Fsp3) is 0.217. The van der Waals surface area contributed by atoms with Crippen LogP contribution in [0.5, 0.6) is 0 Å². The highest BCUT2D eigenvalue weighted by molar-refractivity contribution is 6.01. The van der Waals surface area contributed by atoms with Crippen LogP contribution in [0.4, 0.5) is 11.6 Å². The highest BCUT2D eigenvalue weighted by atomic mass is 16.1. The minimum Gasteiger partial charge on any atom is -0.383 e. The summed E-state index contributed by atoms with van der Waals surface area (Å²) in [6.07, 6.45) is 10.3. The molecule has 4 aromatic rings. The first kappa shape index (κ1) is 19.8. The van der Waals surface area contributed by atoms with Crippen molar-refractivity contribution in [2.75, 3.05) is 11.1 Å². The second kappa shape index (κ2) is 7.84. The van der Waals surface area contributed by atoms with Crippen molar-refractivity contribution in [3.05, 3.63) is 65.9 Å². The minimum absolute atomic E-state index is 0.199. The average Bonchev–Trinajstić information content (AvgIpc) is 3.16. The number of amides is 1. The molecule has 9 nitrogen and oxygen atoms in total. The van der Waals surface area contributed by atoms with Gasteiger partial charge in [-0.25, -0.2) is 9.97 Å². The van der Waals surface area contributed by atoms with Crippen molar-refractivity contribution in [2.24, 2.45) is 7.05 Å². The zero-order chi connectivity index (χ0) is 22.2. The summed E-state index contributed by atoms with van der Waals surface area (Å²) in [4.78, 5) is 25.5. The van der Waals surface area contributed by atoms with Gasteiger partial charge in [-0.3, -0.25) is 14.5 Å². The number of carbonyl (C=O) groups excluding carboxylic acids is 1. The van der Waals surface area contributed by atoms with E-state index in [9.17, 15) is 4.79 Å². The second-order valence-corrected chi connectivity index (χ2v) is 8.09. The number of hydrogen-bond acceptors (Lipinski definition) is 7. The third kappa shape index (κ3) is 3.80. The van der Waals surface area contributed by atoms with Gasteiger partial charge in [-0.05, 0) is 48.9 Å². The van der Waals surface area contributed by atoms with Gasteiger partial charge in [0.05, 0.1) is 11.4 Å². The molecule has 0 atom stereocenters. The normalized spacial score (nSPS) is 15.4. The van der Waals surface area contributed by atoms with E-state index >= 15 is 0 Å². The molecule has 5 rings (SSSR count). The molecule has 0 saturated heterocycles. The van der Waals surface area contributed by atoms with E-state index in [-0.39, 0.29) is 5.91 Å². The van der Waals surface area contributed by atoms with Crippen molar-refractivity contribution < 1.29 is 4.79 Å². The van der Waals surface area contributed by atoms with Crippen LogP contribution in [-0.2, 0) is 11.8 Å². The Balaban J connectivity index is 1.33. The van der Waals surface area contributed by atoms with Gasteiger partial charge in [0.25, 0.3) is 0 Å². The summed E-state index contributed by atoms with van der Waals surface area (Å²) in [6, 6.07) is 5.67. The van der Waals surface area contributed by atoms with Gasteiger partial charge in [0, 0.05) is 54.8 Å². The molecule has 0 spiro atoms. The van der Waals surface area contributed by atoms with Gasteiger partial charge in [0.1, 0.15) is 11.6 Å². The Labute approximate surface area is 184 Å². The number of anilines is 2. The maximum atomic E-state index is 12.5. The molecule has 160 valence electrons. The lowest BCUT2D eigenvalue weighted by Crippen LogP contribution is -2.17. The van der Waals surface area contributed by atoms with Gasteiger partial charge in [0.15, 0.2) is 0 Å². The molecule has 3 N–H and O–H groups in total. The summed E-state index contributed by atoms with van der Waals surface area (Å²) in [6.45, 7) is 2.00. The fourth-order valence-electron chi connectivity index (χ4n) is 3.91. The van der Waals surface area contributed by atoms with Crippen LogP contribution in [0, 0.1) is 6.92 Å². The van der Waals surface area contributed by atoms with Crippen LogP contribution in [0.1, 0.15) is 30.0 Å². The number of allylic oxidation sites excluding steroid dienone is 1. The number of aromatic nitrogens is 6. The van der Waals surface area contributed by atoms with E-state index in [1.165, 1.54) is 0 Å². The number of hydrogen-bond donors (Lipinski definition) is 2.